The van der Waals surface area contributed by atoms with Crippen molar-refractivity contribution in [3.8, 4) is 0 Å². The van der Waals surface area contributed by atoms with E-state index in [4.69, 9.17) is 23.2 Å². The molecule has 0 saturated carbocycles. The number of rotatable bonds is 4. The van der Waals surface area contributed by atoms with Gasteiger partial charge in [-0.3, -0.25) is 14.6 Å². The molecule has 0 N–H and O–H groups in total. The molecule has 0 radical (unpaired) electrons. The molecule has 0 bridgehead atoms. The fourth-order valence-corrected chi connectivity index (χ4v) is 4.38. The number of hydrogen-bond donors (Lipinski definition) is 0. The second kappa shape index (κ2) is 7.94. The van der Waals surface area contributed by atoms with Gasteiger partial charge in [0.15, 0.2) is 11.0 Å². The number of ketones is 1. The smallest absolute Gasteiger partial charge is 0.259 e. The lowest BCUT2D eigenvalue weighted by molar-refractivity contribution is -0.125. The molecule has 8 heteroatoms. The number of carbonyl (C=O) groups is 2. The first kappa shape index (κ1) is 20.1. The predicted octanol–water partition coefficient (Wildman–Crippen LogP) is 5.22. The molecule has 148 valence electrons. The Bertz CT molecular complexity index is 1080. The van der Waals surface area contributed by atoms with E-state index in [0.717, 1.165) is 11.3 Å². The summed E-state index contributed by atoms with van der Waals surface area (Å²) in [6, 6.07) is 11.9. The second-order valence-electron chi connectivity index (χ2n) is 7.07. The molecular weight excluding hydrogens is 429 g/mol. The molecule has 0 aliphatic carbocycles. The van der Waals surface area contributed by atoms with Gasteiger partial charge in [-0.15, -0.1) is 0 Å². The summed E-state index contributed by atoms with van der Waals surface area (Å²) in [6.07, 6.45) is 0. The van der Waals surface area contributed by atoms with Crippen molar-refractivity contribution in [3.63, 3.8) is 0 Å². The molecule has 1 atom stereocenters. The van der Waals surface area contributed by atoms with Gasteiger partial charge in [0, 0.05) is 11.1 Å². The summed E-state index contributed by atoms with van der Waals surface area (Å²) >= 11 is 13.2. The monoisotopic (exact) mass is 445 g/mol. The zero-order valence-electron chi connectivity index (χ0n) is 15.7. The fourth-order valence-electron chi connectivity index (χ4n) is 3.18. The summed E-state index contributed by atoms with van der Waals surface area (Å²) in [5.74, 6) is 0.543. The highest BCUT2D eigenvalue weighted by atomic mass is 35.5. The van der Waals surface area contributed by atoms with Gasteiger partial charge in [0.05, 0.1) is 21.5 Å². The van der Waals surface area contributed by atoms with Gasteiger partial charge in [-0.1, -0.05) is 60.9 Å². The topological polar surface area (TPSA) is 62.1 Å². The first-order valence-electron chi connectivity index (χ1n) is 9.07. The number of benzene rings is 2. The van der Waals surface area contributed by atoms with Gasteiger partial charge in [-0.25, -0.2) is 9.89 Å². The first-order chi connectivity index (χ1) is 13.9. The number of hydrogen-bond acceptors (Lipinski definition) is 5. The molecule has 2 aliphatic heterocycles. The maximum Gasteiger partial charge on any atom is 0.259 e. The summed E-state index contributed by atoms with van der Waals surface area (Å²) in [4.78, 5) is 36.5. The number of amides is 1. The highest BCUT2D eigenvalue weighted by Crippen LogP contribution is 2.35. The third-order valence-electron chi connectivity index (χ3n) is 4.70. The Morgan fingerprint density at radius 2 is 1.93 bits per heavy atom. The molecule has 5 nitrogen and oxygen atoms in total. The molecule has 2 aliphatic rings. The molecule has 4 rings (SSSR count). The fraction of sp³-hybridized carbons (Fsp3) is 0.238. The predicted molar refractivity (Wildman–Crippen MR) is 119 cm³/mol. The van der Waals surface area contributed by atoms with Crippen LogP contribution in [0.25, 0.3) is 0 Å². The Balaban J connectivity index is 1.62. The maximum absolute atomic E-state index is 13.0. The summed E-state index contributed by atoms with van der Waals surface area (Å²) < 4.78 is 0. The summed E-state index contributed by atoms with van der Waals surface area (Å²) in [7, 11) is 0. The number of fused-ring (bicyclic) bond motifs is 3. The van der Waals surface area contributed by atoms with Crippen LogP contribution in [0.2, 0.25) is 10.0 Å². The minimum Gasteiger partial charge on any atom is -0.293 e. The van der Waals surface area contributed by atoms with E-state index in [-0.39, 0.29) is 23.4 Å². The first-order valence-corrected chi connectivity index (χ1v) is 10.8. The molecule has 0 aromatic heterocycles. The SMILES string of the molecule is CC(C)[C@H]1N=C2c3ccccc3N=C(SCC(=O)c3ccc(Cl)c(Cl)c3)N2C1=O. The van der Waals surface area contributed by atoms with Crippen LogP contribution >= 0.6 is 35.0 Å². The van der Waals surface area contributed by atoms with E-state index in [2.05, 4.69) is 9.98 Å². The number of para-hydroxylation sites is 1. The zero-order chi connectivity index (χ0) is 20.7. The van der Waals surface area contributed by atoms with Crippen LogP contribution in [0.15, 0.2) is 52.4 Å². The third-order valence-corrected chi connectivity index (χ3v) is 6.38. The van der Waals surface area contributed by atoms with Crippen LogP contribution < -0.4 is 0 Å². The lowest BCUT2D eigenvalue weighted by Crippen LogP contribution is -2.42. The number of carbonyl (C=O) groups excluding carboxylic acids is 2. The average molecular weight is 446 g/mol. The van der Waals surface area contributed by atoms with E-state index in [1.807, 2.05) is 38.1 Å². The van der Waals surface area contributed by atoms with E-state index < -0.39 is 6.04 Å². The van der Waals surface area contributed by atoms with Crippen LogP contribution in [0.3, 0.4) is 0 Å². The van der Waals surface area contributed by atoms with Crippen molar-refractivity contribution in [2.75, 3.05) is 5.75 Å². The van der Waals surface area contributed by atoms with Crippen molar-refractivity contribution in [1.82, 2.24) is 4.90 Å². The summed E-state index contributed by atoms with van der Waals surface area (Å²) in [5.41, 5.74) is 2.03. The van der Waals surface area contributed by atoms with Crippen LogP contribution in [0.4, 0.5) is 5.69 Å². The molecule has 1 amide bonds. The normalized spacial score (nSPS) is 17.8. The van der Waals surface area contributed by atoms with Crippen molar-refractivity contribution >= 4 is 63.3 Å². The van der Waals surface area contributed by atoms with Crippen LogP contribution in [0.5, 0.6) is 0 Å². The summed E-state index contributed by atoms with van der Waals surface area (Å²) in [5, 5.41) is 1.19. The molecule has 0 spiro atoms. The van der Waals surface area contributed by atoms with E-state index in [0.29, 0.717) is 26.6 Å². The molecule has 2 aromatic rings. The van der Waals surface area contributed by atoms with Crippen LogP contribution in [-0.4, -0.2) is 39.4 Å². The highest BCUT2D eigenvalue weighted by molar-refractivity contribution is 8.14. The maximum atomic E-state index is 13.0. The number of Topliss-reactive ketones (excluding diaryl/α,β-unsaturated/α-hetero) is 1. The van der Waals surface area contributed by atoms with Crippen molar-refractivity contribution in [1.29, 1.82) is 0 Å². The lowest BCUT2D eigenvalue weighted by Gasteiger charge is -2.25. The van der Waals surface area contributed by atoms with E-state index >= 15 is 0 Å². The molecule has 29 heavy (non-hydrogen) atoms. The second-order valence-corrected chi connectivity index (χ2v) is 8.82. The molecule has 0 fully saturated rings. The van der Waals surface area contributed by atoms with E-state index in [1.54, 1.807) is 23.1 Å². The Morgan fingerprint density at radius 1 is 1.17 bits per heavy atom. The van der Waals surface area contributed by atoms with Crippen molar-refractivity contribution < 1.29 is 9.59 Å². The number of thioether (sulfide) groups is 1. The van der Waals surface area contributed by atoms with Crippen molar-refractivity contribution in [2.24, 2.45) is 15.9 Å². The minimum atomic E-state index is -0.451. The van der Waals surface area contributed by atoms with Gasteiger partial charge in [-0.2, -0.15) is 0 Å². The number of halogens is 2. The third kappa shape index (κ3) is 3.72. The van der Waals surface area contributed by atoms with Crippen LogP contribution in [-0.2, 0) is 4.79 Å². The van der Waals surface area contributed by atoms with Gasteiger partial charge in [0.2, 0.25) is 0 Å². The zero-order valence-corrected chi connectivity index (χ0v) is 18.1. The highest BCUT2D eigenvalue weighted by Gasteiger charge is 2.42. The minimum absolute atomic E-state index is 0.0665. The largest absolute Gasteiger partial charge is 0.293 e. The van der Waals surface area contributed by atoms with Gasteiger partial charge in [0.1, 0.15) is 11.9 Å². The molecule has 2 aromatic carbocycles. The van der Waals surface area contributed by atoms with Crippen molar-refractivity contribution in [3.05, 3.63) is 63.6 Å². The number of aliphatic imine (C=N–C) groups is 2. The number of amidine groups is 2. The van der Waals surface area contributed by atoms with Crippen LogP contribution in [0, 0.1) is 5.92 Å². The number of nitrogens with zero attached hydrogens (tertiary/aromatic N) is 3. The Morgan fingerprint density at radius 3 is 2.66 bits per heavy atom. The molecular formula is C21H17Cl2N3O2S. The van der Waals surface area contributed by atoms with Gasteiger partial charge in [-0.05, 0) is 36.2 Å². The molecule has 0 unspecified atom stereocenters. The Hall–Kier alpha value is -2.15. The van der Waals surface area contributed by atoms with E-state index in [1.165, 1.54) is 11.8 Å². The Labute approximate surface area is 182 Å². The standard InChI is InChI=1S/C21H17Cl2N3O2S/c1-11(2)18-20(28)26-19(25-18)13-5-3-4-6-16(13)24-21(26)29-10-17(27)12-7-8-14(22)15(23)9-12/h3-9,11,18H,10H2,1-2H3/t18-/m1/s1. The quantitative estimate of drug-likeness (QED) is 0.605. The summed E-state index contributed by atoms with van der Waals surface area (Å²) in [6.45, 7) is 3.93. The van der Waals surface area contributed by atoms with Gasteiger partial charge < -0.3 is 0 Å². The van der Waals surface area contributed by atoms with E-state index in [9.17, 15) is 9.59 Å². The van der Waals surface area contributed by atoms with Gasteiger partial charge >= 0.3 is 0 Å². The van der Waals surface area contributed by atoms with Gasteiger partial charge in [0.25, 0.3) is 5.91 Å². The molecule has 2 heterocycles. The lowest BCUT2D eigenvalue weighted by atomic mass is 10.1. The van der Waals surface area contributed by atoms with Crippen LogP contribution in [0.1, 0.15) is 29.8 Å². The van der Waals surface area contributed by atoms with Crippen molar-refractivity contribution in [2.45, 2.75) is 19.9 Å². The Kier molecular flexibility index (Phi) is 5.51. The molecule has 0 saturated heterocycles. The average Bonchev–Trinajstić information content (AvgIpc) is 3.06.